The molecule has 1 rings (SSSR count). The van der Waals surface area contributed by atoms with E-state index >= 15 is 0 Å². The molecule has 1 heterocycles. The predicted octanol–water partition coefficient (Wildman–Crippen LogP) is 1.33. The molecule has 0 fully saturated rings. The van der Waals surface area contributed by atoms with Crippen LogP contribution in [0, 0.1) is 0 Å². The largest absolute Gasteiger partial charge is 0.475 e. The Morgan fingerprint density at radius 3 is 2.56 bits per heavy atom. The summed E-state index contributed by atoms with van der Waals surface area (Å²) >= 11 is 0. The van der Waals surface area contributed by atoms with Gasteiger partial charge in [0.05, 0.1) is 6.54 Å². The SMILES string of the molecule is CCN(CC(=O)NC(C)C)c1ccc(C(=O)O)o1. The van der Waals surface area contributed by atoms with Crippen LogP contribution < -0.4 is 10.2 Å². The topological polar surface area (TPSA) is 82.8 Å². The first-order chi connectivity index (χ1) is 8.43. The van der Waals surface area contributed by atoms with Crippen LogP contribution >= 0.6 is 0 Å². The van der Waals surface area contributed by atoms with E-state index in [2.05, 4.69) is 5.32 Å². The lowest BCUT2D eigenvalue weighted by atomic mass is 10.3. The number of carboxylic acid groups (broad SMARTS) is 1. The summed E-state index contributed by atoms with van der Waals surface area (Å²) in [6, 6.07) is 3.00. The maximum absolute atomic E-state index is 11.6. The number of carbonyl (C=O) groups is 2. The van der Waals surface area contributed by atoms with Crippen molar-refractivity contribution >= 4 is 17.8 Å². The highest BCUT2D eigenvalue weighted by atomic mass is 16.4. The van der Waals surface area contributed by atoms with Crippen molar-refractivity contribution in [1.82, 2.24) is 5.32 Å². The van der Waals surface area contributed by atoms with Gasteiger partial charge in [0.15, 0.2) is 5.88 Å². The Hall–Kier alpha value is -1.98. The number of likely N-dealkylation sites (N-methyl/N-ethyl adjacent to an activating group) is 1. The molecule has 1 aromatic heterocycles. The molecule has 0 saturated heterocycles. The smallest absolute Gasteiger partial charge is 0.371 e. The highest BCUT2D eigenvalue weighted by Gasteiger charge is 2.16. The second kappa shape index (κ2) is 6.09. The standard InChI is InChI=1S/C12H18N2O4/c1-4-14(7-10(15)13-8(2)3)11-6-5-9(18-11)12(16)17/h5-6,8H,4,7H2,1-3H3,(H,13,15)(H,16,17). The van der Waals surface area contributed by atoms with Gasteiger partial charge in [0.25, 0.3) is 0 Å². The fourth-order valence-electron chi connectivity index (χ4n) is 1.50. The lowest BCUT2D eigenvalue weighted by Crippen LogP contribution is -2.40. The van der Waals surface area contributed by atoms with E-state index in [0.717, 1.165) is 0 Å². The van der Waals surface area contributed by atoms with Crippen LogP contribution in [-0.4, -0.2) is 36.1 Å². The van der Waals surface area contributed by atoms with Gasteiger partial charge in [0.2, 0.25) is 11.7 Å². The average Bonchev–Trinajstić information content (AvgIpc) is 2.74. The monoisotopic (exact) mass is 254 g/mol. The normalized spacial score (nSPS) is 10.4. The summed E-state index contributed by atoms with van der Waals surface area (Å²) in [4.78, 5) is 24.0. The van der Waals surface area contributed by atoms with Gasteiger partial charge < -0.3 is 19.7 Å². The molecule has 2 N–H and O–H groups in total. The lowest BCUT2D eigenvalue weighted by Gasteiger charge is -2.20. The zero-order chi connectivity index (χ0) is 13.7. The Bertz CT molecular complexity index is 425. The maximum Gasteiger partial charge on any atom is 0.371 e. The Labute approximate surface area is 106 Å². The molecule has 1 amide bonds. The summed E-state index contributed by atoms with van der Waals surface area (Å²) in [6.45, 7) is 6.32. The Morgan fingerprint density at radius 2 is 2.11 bits per heavy atom. The molecule has 0 aliphatic heterocycles. The van der Waals surface area contributed by atoms with Gasteiger partial charge in [-0.25, -0.2) is 4.79 Å². The molecule has 0 saturated carbocycles. The zero-order valence-corrected chi connectivity index (χ0v) is 10.8. The summed E-state index contributed by atoms with van der Waals surface area (Å²) in [7, 11) is 0. The number of carbonyl (C=O) groups excluding carboxylic acids is 1. The Kier molecular flexibility index (Phi) is 4.76. The third kappa shape index (κ3) is 3.80. The number of rotatable bonds is 6. The van der Waals surface area contributed by atoms with Crippen LogP contribution in [0.4, 0.5) is 5.88 Å². The number of aromatic carboxylic acids is 1. The molecule has 1 aromatic rings. The van der Waals surface area contributed by atoms with Crippen molar-refractivity contribution < 1.29 is 19.1 Å². The molecule has 100 valence electrons. The molecule has 6 heteroatoms. The minimum atomic E-state index is -1.12. The fourth-order valence-corrected chi connectivity index (χ4v) is 1.50. The van der Waals surface area contributed by atoms with E-state index in [1.165, 1.54) is 6.07 Å². The number of nitrogens with zero attached hydrogens (tertiary/aromatic N) is 1. The summed E-state index contributed by atoms with van der Waals surface area (Å²) in [5.74, 6) is -0.995. The van der Waals surface area contributed by atoms with Crippen LogP contribution in [0.15, 0.2) is 16.5 Å². The van der Waals surface area contributed by atoms with Crippen molar-refractivity contribution in [3.05, 3.63) is 17.9 Å². The van der Waals surface area contributed by atoms with E-state index in [4.69, 9.17) is 9.52 Å². The van der Waals surface area contributed by atoms with E-state index < -0.39 is 5.97 Å². The molecule has 0 bridgehead atoms. The van der Waals surface area contributed by atoms with E-state index in [1.807, 2.05) is 20.8 Å². The van der Waals surface area contributed by atoms with Gasteiger partial charge in [0.1, 0.15) is 0 Å². The first kappa shape index (κ1) is 14.1. The van der Waals surface area contributed by atoms with Crippen LogP contribution in [0.3, 0.4) is 0 Å². The molecule has 0 aliphatic carbocycles. The summed E-state index contributed by atoms with van der Waals surface area (Å²) in [6.07, 6.45) is 0. The predicted molar refractivity (Wildman–Crippen MR) is 66.8 cm³/mol. The number of hydrogen-bond acceptors (Lipinski definition) is 4. The molecule has 18 heavy (non-hydrogen) atoms. The van der Waals surface area contributed by atoms with Crippen molar-refractivity contribution in [1.29, 1.82) is 0 Å². The molecule has 0 aliphatic rings. The summed E-state index contributed by atoms with van der Waals surface area (Å²) in [5.41, 5.74) is 0. The number of hydrogen-bond donors (Lipinski definition) is 2. The van der Waals surface area contributed by atoms with Crippen LogP contribution in [-0.2, 0) is 4.79 Å². The van der Waals surface area contributed by atoms with Crippen molar-refractivity contribution in [2.24, 2.45) is 0 Å². The van der Waals surface area contributed by atoms with Crippen molar-refractivity contribution in [2.75, 3.05) is 18.0 Å². The van der Waals surface area contributed by atoms with Crippen molar-refractivity contribution in [2.45, 2.75) is 26.8 Å². The van der Waals surface area contributed by atoms with Gasteiger partial charge >= 0.3 is 5.97 Å². The van der Waals surface area contributed by atoms with Gasteiger partial charge in [-0.2, -0.15) is 0 Å². The molecule has 0 atom stereocenters. The molecule has 0 radical (unpaired) electrons. The van der Waals surface area contributed by atoms with E-state index in [1.54, 1.807) is 11.0 Å². The van der Waals surface area contributed by atoms with Gasteiger partial charge in [-0.05, 0) is 26.8 Å². The van der Waals surface area contributed by atoms with E-state index in [9.17, 15) is 9.59 Å². The van der Waals surface area contributed by atoms with Crippen LogP contribution in [0.2, 0.25) is 0 Å². The fraction of sp³-hybridized carbons (Fsp3) is 0.500. The molecule has 6 nitrogen and oxygen atoms in total. The number of furan rings is 1. The van der Waals surface area contributed by atoms with Gasteiger partial charge in [-0.1, -0.05) is 0 Å². The number of amides is 1. The van der Waals surface area contributed by atoms with E-state index in [-0.39, 0.29) is 24.3 Å². The lowest BCUT2D eigenvalue weighted by molar-refractivity contribution is -0.120. The Morgan fingerprint density at radius 1 is 1.44 bits per heavy atom. The average molecular weight is 254 g/mol. The van der Waals surface area contributed by atoms with Gasteiger partial charge in [-0.15, -0.1) is 0 Å². The summed E-state index contributed by atoms with van der Waals surface area (Å²) in [5, 5.41) is 11.5. The highest BCUT2D eigenvalue weighted by Crippen LogP contribution is 2.18. The van der Waals surface area contributed by atoms with Crippen LogP contribution in [0.5, 0.6) is 0 Å². The maximum atomic E-state index is 11.6. The van der Waals surface area contributed by atoms with Gasteiger partial charge in [-0.3, -0.25) is 4.79 Å². The molecule has 0 aromatic carbocycles. The Balaban J connectivity index is 2.70. The number of carboxylic acids is 1. The molecule has 0 unspecified atom stereocenters. The molecular weight excluding hydrogens is 236 g/mol. The van der Waals surface area contributed by atoms with Gasteiger partial charge in [0, 0.05) is 18.7 Å². The highest BCUT2D eigenvalue weighted by molar-refractivity contribution is 5.85. The summed E-state index contributed by atoms with van der Waals surface area (Å²) < 4.78 is 5.15. The third-order valence-electron chi connectivity index (χ3n) is 2.28. The van der Waals surface area contributed by atoms with Crippen molar-refractivity contribution in [3.8, 4) is 0 Å². The molecular formula is C12H18N2O4. The molecule has 0 spiro atoms. The van der Waals surface area contributed by atoms with Crippen LogP contribution in [0.1, 0.15) is 31.3 Å². The van der Waals surface area contributed by atoms with Crippen molar-refractivity contribution in [3.63, 3.8) is 0 Å². The zero-order valence-electron chi connectivity index (χ0n) is 10.8. The second-order valence-electron chi connectivity index (χ2n) is 4.18. The van der Waals surface area contributed by atoms with Crippen LogP contribution in [0.25, 0.3) is 0 Å². The van der Waals surface area contributed by atoms with E-state index in [0.29, 0.717) is 12.4 Å². The first-order valence-corrected chi connectivity index (χ1v) is 5.81. The first-order valence-electron chi connectivity index (χ1n) is 5.81. The third-order valence-corrected chi connectivity index (χ3v) is 2.28. The quantitative estimate of drug-likeness (QED) is 0.800. The number of nitrogens with one attached hydrogen (secondary N) is 1. The number of anilines is 1. The minimum absolute atomic E-state index is 0.0717. The minimum Gasteiger partial charge on any atom is -0.475 e. The second-order valence-corrected chi connectivity index (χ2v) is 4.18.